The Kier molecular flexibility index (Phi) is 3.30. The number of aromatic nitrogens is 1. The van der Waals surface area contributed by atoms with Crippen LogP contribution in [0, 0.1) is 5.92 Å². The Morgan fingerprint density at radius 3 is 2.84 bits per heavy atom. The lowest BCUT2D eigenvalue weighted by Crippen LogP contribution is -2.26. The zero-order valence-electron chi connectivity index (χ0n) is 10.7. The third kappa shape index (κ3) is 2.38. The number of nitrogens with zero attached hydrogens (tertiary/aromatic N) is 1. The SMILES string of the molecule is O=C1CCCCC1C(O)c1ccc2ccccc2n1. The molecule has 1 saturated carbocycles. The fourth-order valence-corrected chi connectivity index (χ4v) is 2.80. The number of Topliss-reactive ketones (excluding diaryl/α,β-unsaturated/α-hetero) is 1. The van der Waals surface area contributed by atoms with Gasteiger partial charge in [0.15, 0.2) is 0 Å². The summed E-state index contributed by atoms with van der Waals surface area (Å²) in [6.45, 7) is 0. The van der Waals surface area contributed by atoms with E-state index in [1.54, 1.807) is 0 Å². The summed E-state index contributed by atoms with van der Waals surface area (Å²) in [7, 11) is 0. The van der Waals surface area contributed by atoms with Crippen LogP contribution in [0.2, 0.25) is 0 Å². The largest absolute Gasteiger partial charge is 0.386 e. The first kappa shape index (κ1) is 12.3. The summed E-state index contributed by atoms with van der Waals surface area (Å²) < 4.78 is 0. The third-order valence-electron chi connectivity index (χ3n) is 3.91. The number of carbonyl (C=O) groups is 1. The Bertz CT molecular complexity index is 608. The van der Waals surface area contributed by atoms with Crippen molar-refractivity contribution >= 4 is 16.7 Å². The van der Waals surface area contributed by atoms with Crippen molar-refractivity contribution in [3.8, 4) is 0 Å². The Morgan fingerprint density at radius 1 is 1.16 bits per heavy atom. The topological polar surface area (TPSA) is 50.2 Å². The van der Waals surface area contributed by atoms with Crippen molar-refractivity contribution in [2.75, 3.05) is 0 Å². The highest BCUT2D eigenvalue weighted by Crippen LogP contribution is 2.31. The number of rotatable bonds is 2. The molecule has 2 unspecified atom stereocenters. The number of fused-ring (bicyclic) bond motifs is 1. The van der Waals surface area contributed by atoms with E-state index in [0.717, 1.165) is 30.2 Å². The van der Waals surface area contributed by atoms with Crippen molar-refractivity contribution in [2.45, 2.75) is 31.8 Å². The second kappa shape index (κ2) is 5.10. The summed E-state index contributed by atoms with van der Waals surface area (Å²) in [6.07, 6.45) is 2.57. The van der Waals surface area contributed by atoms with Gasteiger partial charge in [0.1, 0.15) is 11.9 Å². The van der Waals surface area contributed by atoms with Gasteiger partial charge in [0.25, 0.3) is 0 Å². The molecule has 1 N–H and O–H groups in total. The highest BCUT2D eigenvalue weighted by Gasteiger charge is 2.30. The first-order chi connectivity index (χ1) is 9.25. The van der Waals surface area contributed by atoms with Crippen LogP contribution < -0.4 is 0 Å². The molecule has 19 heavy (non-hydrogen) atoms. The fourth-order valence-electron chi connectivity index (χ4n) is 2.80. The molecule has 1 heterocycles. The first-order valence-electron chi connectivity index (χ1n) is 6.82. The lowest BCUT2D eigenvalue weighted by molar-refractivity contribution is -0.128. The van der Waals surface area contributed by atoms with Gasteiger partial charge in [-0.05, 0) is 25.0 Å². The number of hydrogen-bond acceptors (Lipinski definition) is 3. The van der Waals surface area contributed by atoms with Gasteiger partial charge >= 0.3 is 0 Å². The normalized spacial score (nSPS) is 21.5. The van der Waals surface area contributed by atoms with Crippen LogP contribution in [0.25, 0.3) is 10.9 Å². The van der Waals surface area contributed by atoms with Crippen molar-refractivity contribution in [1.82, 2.24) is 4.98 Å². The second-order valence-corrected chi connectivity index (χ2v) is 5.19. The van der Waals surface area contributed by atoms with Gasteiger partial charge in [-0.3, -0.25) is 9.78 Å². The van der Waals surface area contributed by atoms with Gasteiger partial charge in [-0.15, -0.1) is 0 Å². The molecule has 0 aliphatic heterocycles. The van der Waals surface area contributed by atoms with E-state index in [1.165, 1.54) is 0 Å². The molecule has 1 aliphatic rings. The molecule has 1 fully saturated rings. The van der Waals surface area contributed by atoms with Crippen molar-refractivity contribution in [3.63, 3.8) is 0 Å². The Hall–Kier alpha value is -1.74. The van der Waals surface area contributed by atoms with Gasteiger partial charge < -0.3 is 5.11 Å². The fraction of sp³-hybridized carbons (Fsp3) is 0.375. The van der Waals surface area contributed by atoms with Crippen LogP contribution in [0.4, 0.5) is 0 Å². The van der Waals surface area contributed by atoms with Gasteiger partial charge in [-0.1, -0.05) is 30.7 Å². The number of carbonyl (C=O) groups excluding carboxylic acids is 1. The van der Waals surface area contributed by atoms with E-state index in [4.69, 9.17) is 0 Å². The van der Waals surface area contributed by atoms with Gasteiger partial charge in [-0.25, -0.2) is 0 Å². The summed E-state index contributed by atoms with van der Waals surface area (Å²) in [5, 5.41) is 11.4. The maximum atomic E-state index is 11.9. The number of para-hydroxylation sites is 1. The molecule has 1 aromatic heterocycles. The Balaban J connectivity index is 1.92. The second-order valence-electron chi connectivity index (χ2n) is 5.19. The number of aliphatic hydroxyl groups excluding tert-OH is 1. The third-order valence-corrected chi connectivity index (χ3v) is 3.91. The molecule has 98 valence electrons. The van der Waals surface area contributed by atoms with E-state index in [1.807, 2.05) is 36.4 Å². The van der Waals surface area contributed by atoms with Crippen molar-refractivity contribution in [1.29, 1.82) is 0 Å². The molecule has 2 atom stereocenters. The minimum atomic E-state index is -0.766. The number of aliphatic hydroxyl groups is 1. The molecule has 3 nitrogen and oxygen atoms in total. The van der Waals surface area contributed by atoms with Gasteiger partial charge in [0.05, 0.1) is 11.2 Å². The molecule has 3 heteroatoms. The predicted molar refractivity (Wildman–Crippen MR) is 73.7 cm³/mol. The average Bonchev–Trinajstić information content (AvgIpc) is 2.46. The molecular weight excluding hydrogens is 238 g/mol. The smallest absolute Gasteiger partial charge is 0.138 e. The summed E-state index contributed by atoms with van der Waals surface area (Å²) in [5.41, 5.74) is 1.47. The molecule has 0 radical (unpaired) electrons. The van der Waals surface area contributed by atoms with Crippen molar-refractivity contribution in [3.05, 3.63) is 42.1 Å². The van der Waals surface area contributed by atoms with E-state index < -0.39 is 6.10 Å². The number of ketones is 1. The Morgan fingerprint density at radius 2 is 2.00 bits per heavy atom. The summed E-state index contributed by atoms with van der Waals surface area (Å²) in [5.74, 6) is -0.101. The van der Waals surface area contributed by atoms with Gasteiger partial charge in [-0.2, -0.15) is 0 Å². The molecule has 0 spiro atoms. The van der Waals surface area contributed by atoms with Crippen molar-refractivity contribution < 1.29 is 9.90 Å². The van der Waals surface area contributed by atoms with Crippen LogP contribution in [0.15, 0.2) is 36.4 Å². The Labute approximate surface area is 112 Å². The summed E-state index contributed by atoms with van der Waals surface area (Å²) >= 11 is 0. The number of pyridine rings is 1. The van der Waals surface area contributed by atoms with Gasteiger partial charge in [0, 0.05) is 17.7 Å². The van der Waals surface area contributed by atoms with Crippen LogP contribution >= 0.6 is 0 Å². The molecule has 0 saturated heterocycles. The van der Waals surface area contributed by atoms with E-state index in [2.05, 4.69) is 4.98 Å². The van der Waals surface area contributed by atoms with Crippen LogP contribution in [-0.2, 0) is 4.79 Å². The zero-order chi connectivity index (χ0) is 13.2. The van der Waals surface area contributed by atoms with Crippen LogP contribution in [0.1, 0.15) is 37.5 Å². The first-order valence-corrected chi connectivity index (χ1v) is 6.82. The average molecular weight is 255 g/mol. The summed E-state index contributed by atoms with van der Waals surface area (Å²) in [4.78, 5) is 16.4. The highest BCUT2D eigenvalue weighted by atomic mass is 16.3. The lowest BCUT2D eigenvalue weighted by Gasteiger charge is -2.25. The molecule has 1 aromatic carbocycles. The molecule has 2 aromatic rings. The van der Waals surface area contributed by atoms with E-state index in [0.29, 0.717) is 12.1 Å². The van der Waals surface area contributed by atoms with Crippen LogP contribution in [0.3, 0.4) is 0 Å². The molecule has 0 amide bonds. The maximum Gasteiger partial charge on any atom is 0.138 e. The van der Waals surface area contributed by atoms with Crippen LogP contribution in [-0.4, -0.2) is 15.9 Å². The maximum absolute atomic E-state index is 11.9. The number of benzene rings is 1. The van der Waals surface area contributed by atoms with E-state index in [-0.39, 0.29) is 11.7 Å². The van der Waals surface area contributed by atoms with Crippen LogP contribution in [0.5, 0.6) is 0 Å². The molecule has 0 bridgehead atoms. The molecule has 3 rings (SSSR count). The van der Waals surface area contributed by atoms with Gasteiger partial charge in [0.2, 0.25) is 0 Å². The van der Waals surface area contributed by atoms with E-state index in [9.17, 15) is 9.90 Å². The number of hydrogen-bond donors (Lipinski definition) is 1. The monoisotopic (exact) mass is 255 g/mol. The van der Waals surface area contributed by atoms with E-state index >= 15 is 0 Å². The predicted octanol–water partition coefficient (Wildman–Crippen LogP) is 3.03. The zero-order valence-corrected chi connectivity index (χ0v) is 10.7. The molecular formula is C16H17NO2. The highest BCUT2D eigenvalue weighted by molar-refractivity contribution is 5.82. The molecule has 1 aliphatic carbocycles. The minimum absolute atomic E-state index is 0.175. The quantitative estimate of drug-likeness (QED) is 0.897. The summed E-state index contributed by atoms with van der Waals surface area (Å²) in [6, 6.07) is 11.6. The standard InChI is InChI=1S/C16H17NO2/c18-15-8-4-2-6-12(15)16(19)14-10-9-11-5-1-3-7-13(11)17-14/h1,3,5,7,9-10,12,16,19H,2,4,6,8H2. The minimum Gasteiger partial charge on any atom is -0.386 e. The van der Waals surface area contributed by atoms with Crippen molar-refractivity contribution in [2.24, 2.45) is 5.92 Å². The lowest BCUT2D eigenvalue weighted by atomic mass is 9.83.